The van der Waals surface area contributed by atoms with Gasteiger partial charge in [0.2, 0.25) is 0 Å². The number of nitrogens with one attached hydrogen (secondary N) is 2. The first-order valence-corrected chi connectivity index (χ1v) is 22.3. The maximum absolute atomic E-state index is 12.6. The van der Waals surface area contributed by atoms with E-state index in [2.05, 4.69) is 33.9 Å². The Labute approximate surface area is 321 Å². The molecule has 9 heteroatoms. The van der Waals surface area contributed by atoms with E-state index in [-0.39, 0.29) is 20.0 Å². The lowest BCUT2D eigenvalue weighted by Crippen LogP contribution is -2.42. The number of esters is 1. The zero-order valence-corrected chi connectivity index (χ0v) is 34.3. The Morgan fingerprint density at radius 2 is 1.12 bits per heavy atom. The van der Waals surface area contributed by atoms with Gasteiger partial charge in [-0.15, -0.1) is 0 Å². The van der Waals surface area contributed by atoms with Gasteiger partial charge in [0, 0.05) is 24.9 Å². The highest BCUT2D eigenvalue weighted by Gasteiger charge is 2.20. The van der Waals surface area contributed by atoms with E-state index in [9.17, 15) is 9.59 Å². The lowest BCUT2D eigenvalue weighted by atomic mass is 9.95. The summed E-state index contributed by atoms with van der Waals surface area (Å²) in [5.41, 5.74) is 0.814. The minimum Gasteiger partial charge on any atom is -0.462 e. The Morgan fingerprint density at radius 1 is 0.673 bits per heavy atom. The summed E-state index contributed by atoms with van der Waals surface area (Å²) in [4.78, 5) is 33.1. The first-order valence-electron chi connectivity index (χ1n) is 22.3. The first kappa shape index (κ1) is 48.3. The fourth-order valence-electron chi connectivity index (χ4n) is 7.04. The number of hydrogen-bond donors (Lipinski definition) is 2. The van der Waals surface area contributed by atoms with Crippen LogP contribution in [0.1, 0.15) is 199 Å². The van der Waals surface area contributed by atoms with Crippen LogP contribution in [0.2, 0.25) is 0 Å². The van der Waals surface area contributed by atoms with Gasteiger partial charge in [0.05, 0.1) is 25.7 Å². The van der Waals surface area contributed by atoms with E-state index in [1.54, 1.807) is 12.5 Å². The molecule has 0 aliphatic carbocycles. The third-order valence-electron chi connectivity index (χ3n) is 10.4. The van der Waals surface area contributed by atoms with E-state index in [4.69, 9.17) is 9.47 Å². The molecule has 8 nitrogen and oxygen atoms in total. The molecule has 302 valence electrons. The number of unbranched alkanes of at least 4 members (excludes halogenated alkanes) is 26. The molecule has 1 aromatic rings. The molecule has 2 N–H and O–H groups in total. The summed E-state index contributed by atoms with van der Waals surface area (Å²) in [5.74, 6) is -0.378. The topological polar surface area (TPSA) is 96.6 Å². The summed E-state index contributed by atoms with van der Waals surface area (Å²) in [6, 6.07) is -0.601. The number of carbonyl (C=O) groups is 2. The lowest BCUT2D eigenvalue weighted by molar-refractivity contribution is -0.147. The summed E-state index contributed by atoms with van der Waals surface area (Å²) in [6.45, 7) is 9.03. The van der Waals surface area contributed by atoms with Gasteiger partial charge >= 0.3 is 5.97 Å². The molecular formula is C43H83BN4O4. The molecule has 1 aromatic heterocycles. The molecule has 0 saturated carbocycles. The van der Waals surface area contributed by atoms with Crippen LogP contribution in [-0.4, -0.2) is 79.9 Å². The second-order valence-corrected chi connectivity index (χ2v) is 15.2. The fraction of sp³-hybridized carbons (Fsp3) is 0.884. The number of aromatic amines is 1. The minimum absolute atomic E-state index is 0.0961. The molecule has 0 amide bonds. The maximum Gasteiger partial charge on any atom is 0.322 e. The molecule has 0 aliphatic rings. The van der Waals surface area contributed by atoms with Crippen LogP contribution < -0.4 is 5.23 Å². The number of H-pyrrole nitrogens is 1. The fourth-order valence-corrected chi connectivity index (χ4v) is 7.04. The van der Waals surface area contributed by atoms with Gasteiger partial charge in [-0.05, 0) is 25.9 Å². The average molecular weight is 731 g/mol. The number of imidazole rings is 1. The number of aromatic nitrogens is 2. The zero-order chi connectivity index (χ0) is 37.4. The predicted octanol–water partition coefficient (Wildman–Crippen LogP) is 10.3. The molecule has 1 heterocycles. The van der Waals surface area contributed by atoms with Crippen molar-refractivity contribution < 1.29 is 19.1 Å². The van der Waals surface area contributed by atoms with Crippen LogP contribution in [0.4, 0.5) is 0 Å². The van der Waals surface area contributed by atoms with Gasteiger partial charge in [0.15, 0.2) is 0 Å². The highest BCUT2D eigenvalue weighted by molar-refractivity contribution is 6.64. The summed E-state index contributed by atoms with van der Waals surface area (Å²) in [5, 5.41) is 2.94. The van der Waals surface area contributed by atoms with Crippen LogP contribution in [0.5, 0.6) is 0 Å². The second kappa shape index (κ2) is 39.0. The third kappa shape index (κ3) is 31.8. The molecule has 1 atom stereocenters. The molecular weight excluding hydrogens is 647 g/mol. The van der Waals surface area contributed by atoms with Crippen molar-refractivity contribution in [1.29, 1.82) is 0 Å². The maximum atomic E-state index is 12.6. The van der Waals surface area contributed by atoms with Gasteiger partial charge in [-0.1, -0.05) is 181 Å². The summed E-state index contributed by atoms with van der Waals surface area (Å²) < 4.78 is 11.4. The normalized spacial score (nSPS) is 12.1. The van der Waals surface area contributed by atoms with Crippen molar-refractivity contribution in [2.45, 2.75) is 206 Å². The van der Waals surface area contributed by atoms with E-state index in [1.807, 2.05) is 0 Å². The number of carbonyl (C=O) groups excluding carboxylic acids is 2. The Bertz CT molecular complexity index is 843. The number of nitrogens with zero attached hydrogens (tertiary/aromatic N) is 2. The van der Waals surface area contributed by atoms with Gasteiger partial charge < -0.3 is 29.4 Å². The highest BCUT2D eigenvalue weighted by Crippen LogP contribution is 2.15. The van der Waals surface area contributed by atoms with E-state index >= 15 is 0 Å². The molecule has 0 saturated heterocycles. The number of hydrogen-bond acceptors (Lipinski definition) is 7. The van der Waals surface area contributed by atoms with Gasteiger partial charge in [0.1, 0.15) is 12.6 Å². The number of rotatable bonds is 42. The summed E-state index contributed by atoms with van der Waals surface area (Å²) in [6.07, 6.45) is 43.3. The predicted molar refractivity (Wildman–Crippen MR) is 222 cm³/mol. The Hall–Kier alpha value is -1.71. The highest BCUT2D eigenvalue weighted by atomic mass is 16.6. The molecule has 1 rings (SSSR count). The summed E-state index contributed by atoms with van der Waals surface area (Å²) in [7, 11) is 0.0961. The van der Waals surface area contributed by atoms with Gasteiger partial charge in [0.25, 0.3) is 7.41 Å². The van der Waals surface area contributed by atoms with E-state index in [0.29, 0.717) is 19.6 Å². The van der Waals surface area contributed by atoms with Crippen molar-refractivity contribution >= 4 is 19.6 Å². The first-order chi connectivity index (χ1) is 25.7. The summed E-state index contributed by atoms with van der Waals surface area (Å²) >= 11 is 0. The van der Waals surface area contributed by atoms with Crippen molar-refractivity contribution in [3.8, 4) is 0 Å². The molecule has 0 radical (unpaired) electrons. The van der Waals surface area contributed by atoms with E-state index in [1.165, 1.54) is 180 Å². The molecule has 0 bridgehead atoms. The Morgan fingerprint density at radius 3 is 1.52 bits per heavy atom. The monoisotopic (exact) mass is 731 g/mol. The van der Waals surface area contributed by atoms with E-state index < -0.39 is 6.04 Å². The largest absolute Gasteiger partial charge is 0.462 e. The van der Waals surface area contributed by atoms with Crippen LogP contribution in [-0.2, 0) is 25.5 Å². The molecule has 1 unspecified atom stereocenters. The zero-order valence-electron chi connectivity index (χ0n) is 34.3. The Balaban J connectivity index is 2.24. The van der Waals surface area contributed by atoms with Crippen molar-refractivity contribution in [2.24, 2.45) is 0 Å². The average Bonchev–Trinajstić information content (AvgIpc) is 3.67. The van der Waals surface area contributed by atoms with Crippen LogP contribution in [0, 0.1) is 0 Å². The van der Waals surface area contributed by atoms with Crippen molar-refractivity contribution in [3.63, 3.8) is 0 Å². The second-order valence-electron chi connectivity index (χ2n) is 15.2. The van der Waals surface area contributed by atoms with Crippen molar-refractivity contribution in [2.75, 3.05) is 39.5 Å². The standard InChI is InChI=1S/C43H83BN4O4/c1-3-5-7-9-11-13-15-17-19-21-23-25-27-29-31-48(32-30-28-26-24-22-20-18-16-14-12-10-8-6-4-2)33-34-51-35-36-52-43(50)42(47-44-39-49)37-41-38-45-40-46-41/h38-40,42,44,47H,3-37H2,1-2H3,(H,45,46). The molecule has 0 aliphatic heterocycles. The van der Waals surface area contributed by atoms with Crippen molar-refractivity contribution in [3.05, 3.63) is 18.2 Å². The Kier molecular flexibility index (Phi) is 36.2. The number of ether oxygens (including phenoxy) is 2. The minimum atomic E-state index is -0.601. The van der Waals surface area contributed by atoms with E-state index in [0.717, 1.165) is 31.5 Å². The van der Waals surface area contributed by atoms with Gasteiger partial charge in [-0.3, -0.25) is 4.79 Å². The van der Waals surface area contributed by atoms with Crippen LogP contribution in [0.3, 0.4) is 0 Å². The molecule has 0 aromatic carbocycles. The quantitative estimate of drug-likeness (QED) is 0.0299. The van der Waals surface area contributed by atoms with Crippen LogP contribution in [0.15, 0.2) is 12.5 Å². The molecule has 0 fully saturated rings. The van der Waals surface area contributed by atoms with Crippen LogP contribution >= 0.6 is 0 Å². The van der Waals surface area contributed by atoms with Gasteiger partial charge in [-0.25, -0.2) is 4.98 Å². The lowest BCUT2D eigenvalue weighted by Gasteiger charge is -2.22. The SMILES string of the molecule is CCCCCCCCCCCCCCCCN(CCCCCCCCCCCCCCCC)CCOCCOC(=O)C(Cc1cnc[nH]1)NBC=O. The van der Waals surface area contributed by atoms with Gasteiger partial charge in [-0.2, -0.15) is 0 Å². The van der Waals surface area contributed by atoms with Crippen molar-refractivity contribution in [1.82, 2.24) is 20.1 Å². The molecule has 0 spiro atoms. The molecule has 52 heavy (non-hydrogen) atoms. The third-order valence-corrected chi connectivity index (χ3v) is 10.4. The van der Waals surface area contributed by atoms with Crippen LogP contribution in [0.25, 0.3) is 0 Å². The smallest absolute Gasteiger partial charge is 0.322 e.